The molecule has 0 spiro atoms. The lowest BCUT2D eigenvalue weighted by atomic mass is 9.80. The molecule has 1 aliphatic carbocycles. The molecule has 1 aliphatic heterocycles. The molecule has 0 bridgehead atoms. The summed E-state index contributed by atoms with van der Waals surface area (Å²) in [7, 11) is 1.48. The minimum atomic E-state index is -0.335. The van der Waals surface area contributed by atoms with Crippen LogP contribution in [0.15, 0.2) is 18.2 Å². The molecule has 0 radical (unpaired) electrons. The van der Waals surface area contributed by atoms with Gasteiger partial charge in [0.15, 0.2) is 5.75 Å². The second-order valence-corrected chi connectivity index (χ2v) is 6.82. The number of methoxy groups -OCH3 is 1. The highest BCUT2D eigenvalue weighted by Crippen LogP contribution is 2.40. The van der Waals surface area contributed by atoms with Gasteiger partial charge in [-0.05, 0) is 30.4 Å². The van der Waals surface area contributed by atoms with Crippen LogP contribution in [0.25, 0.3) is 0 Å². The summed E-state index contributed by atoms with van der Waals surface area (Å²) < 4.78 is 5.17. The van der Waals surface area contributed by atoms with Gasteiger partial charge in [0.2, 0.25) is 0 Å². The highest BCUT2D eigenvalue weighted by atomic mass is 16.6. The van der Waals surface area contributed by atoms with Crippen molar-refractivity contribution < 1.29 is 9.66 Å². The summed E-state index contributed by atoms with van der Waals surface area (Å²) >= 11 is 0. The average molecular weight is 333 g/mol. The number of hydrogen-bond donors (Lipinski definition) is 1. The Morgan fingerprint density at radius 1 is 1.25 bits per heavy atom. The molecule has 1 aromatic rings. The Balaban J connectivity index is 1.94. The van der Waals surface area contributed by atoms with Crippen LogP contribution < -0.4 is 10.1 Å². The van der Waals surface area contributed by atoms with Gasteiger partial charge in [0.25, 0.3) is 0 Å². The molecule has 24 heavy (non-hydrogen) atoms. The number of nitrogens with one attached hydrogen (secondary N) is 1. The van der Waals surface area contributed by atoms with E-state index in [4.69, 9.17) is 4.74 Å². The normalized spacial score (nSPS) is 21.4. The van der Waals surface area contributed by atoms with Crippen LogP contribution in [0.2, 0.25) is 0 Å². The maximum absolute atomic E-state index is 11.4. The first-order valence-corrected chi connectivity index (χ1v) is 8.98. The molecule has 0 unspecified atom stereocenters. The van der Waals surface area contributed by atoms with Crippen LogP contribution in [-0.4, -0.2) is 43.1 Å². The molecular weight excluding hydrogens is 306 g/mol. The predicted molar refractivity (Wildman–Crippen MR) is 93.4 cm³/mol. The molecule has 1 heterocycles. The quantitative estimate of drug-likeness (QED) is 0.662. The monoisotopic (exact) mass is 333 g/mol. The van der Waals surface area contributed by atoms with Crippen molar-refractivity contribution in [1.29, 1.82) is 0 Å². The standard InChI is InChI=1S/C18H27N3O3/c1-24-17-8-7-15(13-16(17)21(22)23)18(14-5-3-2-4-6-14)20-11-9-19-10-12-20/h7-8,13-14,18-19H,2-6,9-12H2,1H3/t18-/m1/s1. The summed E-state index contributed by atoms with van der Waals surface area (Å²) in [6, 6.07) is 5.79. The van der Waals surface area contributed by atoms with Crippen molar-refractivity contribution in [2.45, 2.75) is 38.1 Å². The average Bonchev–Trinajstić information content (AvgIpc) is 2.63. The number of nitro benzene ring substituents is 1. The number of hydrogen-bond acceptors (Lipinski definition) is 5. The number of nitrogens with zero attached hydrogens (tertiary/aromatic N) is 2. The maximum Gasteiger partial charge on any atom is 0.311 e. The van der Waals surface area contributed by atoms with Gasteiger partial charge in [-0.2, -0.15) is 0 Å². The molecule has 2 aliphatic rings. The smallest absolute Gasteiger partial charge is 0.311 e. The Morgan fingerprint density at radius 3 is 2.58 bits per heavy atom. The van der Waals surface area contributed by atoms with E-state index in [1.165, 1.54) is 39.2 Å². The molecule has 1 saturated heterocycles. The SMILES string of the molecule is COc1ccc([C@@H](C2CCCCC2)N2CCNCC2)cc1[N+](=O)[O-]. The predicted octanol–water partition coefficient (Wildman–Crippen LogP) is 3.13. The summed E-state index contributed by atoms with van der Waals surface area (Å²) in [5.74, 6) is 0.927. The zero-order valence-corrected chi connectivity index (χ0v) is 14.4. The number of piperazine rings is 1. The minimum absolute atomic E-state index is 0.0749. The van der Waals surface area contributed by atoms with E-state index in [1.807, 2.05) is 6.07 Å². The zero-order chi connectivity index (χ0) is 16.9. The first kappa shape index (κ1) is 17.2. The van der Waals surface area contributed by atoms with E-state index in [0.29, 0.717) is 11.7 Å². The van der Waals surface area contributed by atoms with E-state index in [9.17, 15) is 10.1 Å². The van der Waals surface area contributed by atoms with E-state index in [0.717, 1.165) is 31.7 Å². The van der Waals surface area contributed by atoms with Crippen molar-refractivity contribution in [2.24, 2.45) is 5.92 Å². The van der Waals surface area contributed by atoms with E-state index in [-0.39, 0.29) is 16.7 Å². The third-order valence-corrected chi connectivity index (χ3v) is 5.38. The fraction of sp³-hybridized carbons (Fsp3) is 0.667. The summed E-state index contributed by atoms with van der Waals surface area (Å²) in [5.41, 5.74) is 1.14. The zero-order valence-electron chi connectivity index (χ0n) is 14.4. The molecule has 3 rings (SSSR count). The molecule has 2 fully saturated rings. The topological polar surface area (TPSA) is 67.6 Å². The molecule has 1 N–H and O–H groups in total. The van der Waals surface area contributed by atoms with Crippen molar-refractivity contribution in [3.63, 3.8) is 0 Å². The lowest BCUT2D eigenvalue weighted by Crippen LogP contribution is -2.47. The summed E-state index contributed by atoms with van der Waals surface area (Å²) in [5, 5.41) is 14.8. The minimum Gasteiger partial charge on any atom is -0.490 e. The van der Waals surface area contributed by atoms with Crippen molar-refractivity contribution in [3.8, 4) is 5.75 Å². The highest BCUT2D eigenvalue weighted by Gasteiger charge is 2.32. The van der Waals surface area contributed by atoms with Crippen LogP contribution in [0, 0.1) is 16.0 Å². The number of nitro groups is 1. The summed E-state index contributed by atoms with van der Waals surface area (Å²) in [6.45, 7) is 3.98. The summed E-state index contributed by atoms with van der Waals surface area (Å²) in [4.78, 5) is 13.6. The molecule has 1 saturated carbocycles. The Labute approximate surface area is 143 Å². The summed E-state index contributed by atoms with van der Waals surface area (Å²) in [6.07, 6.45) is 6.29. The third-order valence-electron chi connectivity index (χ3n) is 5.38. The van der Waals surface area contributed by atoms with Crippen LogP contribution in [-0.2, 0) is 0 Å². The second-order valence-electron chi connectivity index (χ2n) is 6.82. The van der Waals surface area contributed by atoms with Crippen LogP contribution in [0.4, 0.5) is 5.69 Å². The Morgan fingerprint density at radius 2 is 1.96 bits per heavy atom. The van der Waals surface area contributed by atoms with E-state index in [1.54, 1.807) is 12.1 Å². The highest BCUT2D eigenvalue weighted by molar-refractivity contribution is 5.49. The van der Waals surface area contributed by atoms with E-state index >= 15 is 0 Å². The van der Waals surface area contributed by atoms with Crippen LogP contribution in [0.1, 0.15) is 43.7 Å². The van der Waals surface area contributed by atoms with Crippen molar-refractivity contribution in [1.82, 2.24) is 10.2 Å². The van der Waals surface area contributed by atoms with Crippen molar-refractivity contribution in [2.75, 3.05) is 33.3 Å². The second kappa shape index (κ2) is 7.94. The first-order valence-electron chi connectivity index (χ1n) is 8.98. The lowest BCUT2D eigenvalue weighted by Gasteiger charge is -2.41. The Kier molecular flexibility index (Phi) is 5.68. The Bertz CT molecular complexity index is 549. The lowest BCUT2D eigenvalue weighted by molar-refractivity contribution is -0.385. The van der Waals surface area contributed by atoms with Gasteiger partial charge in [0.05, 0.1) is 12.0 Å². The van der Waals surface area contributed by atoms with E-state index in [2.05, 4.69) is 10.2 Å². The molecule has 1 atom stereocenters. The molecule has 1 aromatic carbocycles. The van der Waals surface area contributed by atoms with Gasteiger partial charge in [-0.3, -0.25) is 15.0 Å². The molecule has 0 aromatic heterocycles. The van der Waals surface area contributed by atoms with Crippen molar-refractivity contribution >= 4 is 5.69 Å². The number of benzene rings is 1. The maximum atomic E-state index is 11.4. The first-order chi connectivity index (χ1) is 11.7. The van der Waals surface area contributed by atoms with Gasteiger partial charge in [0, 0.05) is 38.3 Å². The van der Waals surface area contributed by atoms with Gasteiger partial charge in [-0.15, -0.1) is 0 Å². The third kappa shape index (κ3) is 3.70. The van der Waals surface area contributed by atoms with Gasteiger partial charge in [0.1, 0.15) is 0 Å². The number of ether oxygens (including phenoxy) is 1. The van der Waals surface area contributed by atoms with Crippen LogP contribution in [0.5, 0.6) is 5.75 Å². The largest absolute Gasteiger partial charge is 0.490 e. The van der Waals surface area contributed by atoms with E-state index < -0.39 is 0 Å². The number of rotatable bonds is 5. The molecular formula is C18H27N3O3. The van der Waals surface area contributed by atoms with Crippen LogP contribution in [0.3, 0.4) is 0 Å². The van der Waals surface area contributed by atoms with Gasteiger partial charge in [-0.25, -0.2) is 0 Å². The molecule has 132 valence electrons. The van der Waals surface area contributed by atoms with Crippen LogP contribution >= 0.6 is 0 Å². The fourth-order valence-electron chi connectivity index (χ4n) is 4.22. The van der Waals surface area contributed by atoms with Gasteiger partial charge < -0.3 is 10.1 Å². The van der Waals surface area contributed by atoms with Crippen molar-refractivity contribution in [3.05, 3.63) is 33.9 Å². The molecule has 6 heteroatoms. The molecule has 0 amide bonds. The van der Waals surface area contributed by atoms with Gasteiger partial charge in [-0.1, -0.05) is 25.3 Å². The molecule has 6 nitrogen and oxygen atoms in total. The fourth-order valence-corrected chi connectivity index (χ4v) is 4.22. The Hall–Kier alpha value is -1.66. The van der Waals surface area contributed by atoms with Gasteiger partial charge >= 0.3 is 5.69 Å².